The van der Waals surface area contributed by atoms with Gasteiger partial charge in [-0.25, -0.2) is 0 Å². The number of aromatic nitrogens is 1. The Balaban J connectivity index is 0.00000112. The smallest absolute Gasteiger partial charge is 0.133 e. The molecule has 3 nitrogen and oxygen atoms in total. The third-order valence-electron chi connectivity index (χ3n) is 1.89. The molecule has 2 aromatic heterocycles. The lowest BCUT2D eigenvalue weighted by atomic mass is 10.3. The minimum absolute atomic E-state index is 0. The van der Waals surface area contributed by atoms with Crippen LogP contribution in [0.4, 0.5) is 0 Å². The van der Waals surface area contributed by atoms with Gasteiger partial charge >= 0.3 is 0 Å². The number of aryl methyl sites for hydroxylation is 1. The first-order valence-electron chi connectivity index (χ1n) is 4.48. The maximum atomic E-state index is 4.96. The van der Waals surface area contributed by atoms with Crippen LogP contribution in [0.25, 0.3) is 0 Å². The molecule has 0 aliphatic carbocycles. The molecule has 0 unspecified atom stereocenters. The van der Waals surface area contributed by atoms with Gasteiger partial charge < -0.3 is 9.84 Å². The van der Waals surface area contributed by atoms with Crippen molar-refractivity contribution < 1.29 is 4.52 Å². The summed E-state index contributed by atoms with van der Waals surface area (Å²) in [5.74, 6) is 0.859. The molecule has 2 heterocycles. The molecule has 0 aliphatic heterocycles. The van der Waals surface area contributed by atoms with E-state index in [9.17, 15) is 0 Å². The molecule has 5 heteroatoms. The van der Waals surface area contributed by atoms with Gasteiger partial charge in [0.25, 0.3) is 0 Å². The van der Waals surface area contributed by atoms with Crippen molar-refractivity contribution in [1.82, 2.24) is 10.5 Å². The van der Waals surface area contributed by atoms with Crippen LogP contribution < -0.4 is 5.32 Å². The second kappa shape index (κ2) is 5.90. The Labute approximate surface area is 98.9 Å². The van der Waals surface area contributed by atoms with Crippen LogP contribution in [0.15, 0.2) is 27.4 Å². The highest BCUT2D eigenvalue weighted by Gasteiger charge is 1.99. The van der Waals surface area contributed by atoms with E-state index in [1.807, 2.05) is 13.0 Å². The summed E-state index contributed by atoms with van der Waals surface area (Å²) < 4.78 is 4.96. The molecule has 0 atom stereocenters. The predicted octanol–water partition coefficient (Wildman–Crippen LogP) is 2.76. The van der Waals surface area contributed by atoms with Gasteiger partial charge in [0.15, 0.2) is 0 Å². The van der Waals surface area contributed by atoms with Crippen LogP contribution in [-0.4, -0.2) is 5.16 Å². The fraction of sp³-hybridized carbons (Fsp3) is 0.300. The quantitative estimate of drug-likeness (QED) is 0.899. The van der Waals surface area contributed by atoms with Gasteiger partial charge in [-0.2, -0.15) is 11.3 Å². The normalized spacial score (nSPS) is 9.93. The molecule has 2 aromatic rings. The SMILES string of the molecule is Cc1cc(CNCc2ccsc2)no1.Cl. The van der Waals surface area contributed by atoms with E-state index < -0.39 is 0 Å². The van der Waals surface area contributed by atoms with E-state index in [0.29, 0.717) is 0 Å². The Kier molecular flexibility index (Phi) is 4.81. The summed E-state index contributed by atoms with van der Waals surface area (Å²) >= 11 is 1.72. The lowest BCUT2D eigenvalue weighted by molar-refractivity contribution is 0.388. The van der Waals surface area contributed by atoms with Crippen molar-refractivity contribution in [3.63, 3.8) is 0 Å². The Morgan fingerprint density at radius 2 is 2.33 bits per heavy atom. The molecule has 0 bridgehead atoms. The van der Waals surface area contributed by atoms with Crippen molar-refractivity contribution in [3.05, 3.63) is 39.9 Å². The van der Waals surface area contributed by atoms with E-state index >= 15 is 0 Å². The van der Waals surface area contributed by atoms with Gasteiger partial charge in [0.2, 0.25) is 0 Å². The minimum atomic E-state index is 0. The van der Waals surface area contributed by atoms with Crippen LogP contribution in [0.2, 0.25) is 0 Å². The molecule has 15 heavy (non-hydrogen) atoms. The zero-order chi connectivity index (χ0) is 9.80. The van der Waals surface area contributed by atoms with Crippen molar-refractivity contribution in [2.45, 2.75) is 20.0 Å². The van der Waals surface area contributed by atoms with Gasteiger partial charge in [0.1, 0.15) is 5.76 Å². The first-order chi connectivity index (χ1) is 6.84. The Morgan fingerprint density at radius 1 is 1.47 bits per heavy atom. The van der Waals surface area contributed by atoms with E-state index in [1.54, 1.807) is 11.3 Å². The molecule has 0 fully saturated rings. The molecule has 0 radical (unpaired) electrons. The standard InChI is InChI=1S/C10H12N2OS.ClH/c1-8-4-10(12-13-8)6-11-5-9-2-3-14-7-9;/h2-4,7,11H,5-6H2,1H3;1H. The maximum Gasteiger partial charge on any atom is 0.133 e. The van der Waals surface area contributed by atoms with Crippen LogP contribution in [0.3, 0.4) is 0 Å². The average molecular weight is 245 g/mol. The topological polar surface area (TPSA) is 38.1 Å². The first kappa shape index (κ1) is 12.2. The Bertz CT molecular complexity index is 386. The molecule has 1 N–H and O–H groups in total. The second-order valence-corrected chi connectivity index (χ2v) is 3.94. The van der Waals surface area contributed by atoms with E-state index in [2.05, 4.69) is 27.3 Å². The zero-order valence-corrected chi connectivity index (χ0v) is 10.0. The number of nitrogens with one attached hydrogen (secondary N) is 1. The van der Waals surface area contributed by atoms with Crippen LogP contribution in [0.1, 0.15) is 17.0 Å². The highest BCUT2D eigenvalue weighted by Crippen LogP contribution is 2.06. The molecule has 0 saturated carbocycles. The molecule has 82 valence electrons. The Hall–Kier alpha value is -0.840. The summed E-state index contributed by atoms with van der Waals surface area (Å²) in [6.07, 6.45) is 0. The monoisotopic (exact) mass is 244 g/mol. The molecule has 0 amide bonds. The van der Waals surface area contributed by atoms with Crippen molar-refractivity contribution in [1.29, 1.82) is 0 Å². The van der Waals surface area contributed by atoms with Gasteiger partial charge in [0, 0.05) is 19.2 Å². The van der Waals surface area contributed by atoms with Crippen LogP contribution in [0, 0.1) is 6.92 Å². The summed E-state index contributed by atoms with van der Waals surface area (Å²) in [5, 5.41) is 11.4. The van der Waals surface area contributed by atoms with Crippen LogP contribution in [-0.2, 0) is 13.1 Å². The largest absolute Gasteiger partial charge is 0.361 e. The van der Waals surface area contributed by atoms with E-state index in [0.717, 1.165) is 24.5 Å². The maximum absolute atomic E-state index is 4.96. The molecule has 0 aliphatic rings. The lowest BCUT2D eigenvalue weighted by Gasteiger charge is -1.98. The number of thiophene rings is 1. The van der Waals surface area contributed by atoms with Crippen LogP contribution in [0.5, 0.6) is 0 Å². The van der Waals surface area contributed by atoms with E-state index in [4.69, 9.17) is 4.52 Å². The van der Waals surface area contributed by atoms with Gasteiger partial charge in [-0.1, -0.05) is 5.16 Å². The number of hydrogen-bond acceptors (Lipinski definition) is 4. The van der Waals surface area contributed by atoms with E-state index in [-0.39, 0.29) is 12.4 Å². The summed E-state index contributed by atoms with van der Waals surface area (Å²) in [7, 11) is 0. The minimum Gasteiger partial charge on any atom is -0.361 e. The summed E-state index contributed by atoms with van der Waals surface area (Å²) in [6, 6.07) is 4.06. The van der Waals surface area contributed by atoms with Gasteiger partial charge in [-0.05, 0) is 29.3 Å². The van der Waals surface area contributed by atoms with Gasteiger partial charge in [-0.15, -0.1) is 12.4 Å². The molecule has 0 spiro atoms. The first-order valence-corrected chi connectivity index (χ1v) is 5.43. The molecular formula is C10H13ClN2OS. The predicted molar refractivity (Wildman–Crippen MR) is 63.4 cm³/mol. The third-order valence-corrected chi connectivity index (χ3v) is 2.62. The van der Waals surface area contributed by atoms with Gasteiger partial charge in [0.05, 0.1) is 5.69 Å². The molecule has 0 saturated heterocycles. The summed E-state index contributed by atoms with van der Waals surface area (Å²) in [5.41, 5.74) is 2.27. The summed E-state index contributed by atoms with van der Waals surface area (Å²) in [6.45, 7) is 3.54. The Morgan fingerprint density at radius 3 is 2.93 bits per heavy atom. The highest BCUT2D eigenvalue weighted by atomic mass is 35.5. The fourth-order valence-electron chi connectivity index (χ4n) is 1.23. The lowest BCUT2D eigenvalue weighted by Crippen LogP contribution is -2.12. The fourth-order valence-corrected chi connectivity index (χ4v) is 1.90. The van der Waals surface area contributed by atoms with Crippen LogP contribution >= 0.6 is 23.7 Å². The number of hydrogen-bond donors (Lipinski definition) is 1. The molecule has 0 aromatic carbocycles. The third kappa shape index (κ3) is 3.66. The number of rotatable bonds is 4. The van der Waals surface area contributed by atoms with Crippen molar-refractivity contribution in [2.24, 2.45) is 0 Å². The average Bonchev–Trinajstić information content (AvgIpc) is 2.77. The van der Waals surface area contributed by atoms with Gasteiger partial charge in [-0.3, -0.25) is 0 Å². The molecular weight excluding hydrogens is 232 g/mol. The molecule has 2 rings (SSSR count). The van der Waals surface area contributed by atoms with E-state index in [1.165, 1.54) is 5.56 Å². The number of nitrogens with zero attached hydrogens (tertiary/aromatic N) is 1. The number of halogens is 1. The second-order valence-electron chi connectivity index (χ2n) is 3.16. The van der Waals surface area contributed by atoms with Crippen molar-refractivity contribution in [2.75, 3.05) is 0 Å². The van der Waals surface area contributed by atoms with Crippen molar-refractivity contribution >= 4 is 23.7 Å². The zero-order valence-electron chi connectivity index (χ0n) is 8.40. The van der Waals surface area contributed by atoms with Crippen molar-refractivity contribution in [3.8, 4) is 0 Å². The summed E-state index contributed by atoms with van der Waals surface area (Å²) in [4.78, 5) is 0. The highest BCUT2D eigenvalue weighted by molar-refractivity contribution is 7.07.